The Kier molecular flexibility index (Phi) is 7.22. The molecule has 1 amide bonds. The molecule has 0 unspecified atom stereocenters. The molecule has 0 fully saturated rings. The maximum Gasteiger partial charge on any atom is 0.514 e. The standard InChI is InChI=1S/C20H29NO4/c1-8-15-10-14(12-21-18(22)13(3)4)11-16(9-2)17(15)24-19(23)25-20(5,6)7/h10-11H,3,8-9,12H2,1-2,4-7H3,(H,21,22). The molecule has 25 heavy (non-hydrogen) atoms. The third kappa shape index (κ3) is 6.61. The van der Waals surface area contributed by atoms with Gasteiger partial charge in [0.25, 0.3) is 0 Å². The Morgan fingerprint density at radius 1 is 1.12 bits per heavy atom. The number of aryl methyl sites for hydroxylation is 2. The van der Waals surface area contributed by atoms with Crippen molar-refractivity contribution in [3.63, 3.8) is 0 Å². The van der Waals surface area contributed by atoms with Crippen LogP contribution < -0.4 is 10.1 Å². The third-order valence-corrected chi connectivity index (χ3v) is 3.48. The zero-order valence-corrected chi connectivity index (χ0v) is 16.1. The van der Waals surface area contributed by atoms with Crippen molar-refractivity contribution in [2.45, 2.75) is 66.5 Å². The smallest absolute Gasteiger partial charge is 0.428 e. The molecular weight excluding hydrogens is 318 g/mol. The molecule has 0 spiro atoms. The van der Waals surface area contributed by atoms with Crippen molar-refractivity contribution in [2.75, 3.05) is 0 Å². The van der Waals surface area contributed by atoms with Crippen molar-refractivity contribution in [3.8, 4) is 5.75 Å². The van der Waals surface area contributed by atoms with E-state index < -0.39 is 11.8 Å². The van der Waals surface area contributed by atoms with Crippen LogP contribution in [0.5, 0.6) is 5.75 Å². The summed E-state index contributed by atoms with van der Waals surface area (Å²) in [5.74, 6) is 0.374. The van der Waals surface area contributed by atoms with E-state index in [-0.39, 0.29) is 5.91 Å². The highest BCUT2D eigenvalue weighted by molar-refractivity contribution is 5.92. The lowest BCUT2D eigenvalue weighted by molar-refractivity contribution is -0.117. The minimum atomic E-state index is -0.708. The van der Waals surface area contributed by atoms with Gasteiger partial charge < -0.3 is 14.8 Å². The normalized spacial score (nSPS) is 11.0. The molecule has 5 heteroatoms. The number of hydrogen-bond acceptors (Lipinski definition) is 4. The van der Waals surface area contributed by atoms with Crippen molar-refractivity contribution < 1.29 is 19.1 Å². The predicted octanol–water partition coefficient (Wildman–Crippen LogP) is 4.32. The molecule has 0 radical (unpaired) electrons. The average molecular weight is 347 g/mol. The van der Waals surface area contributed by atoms with E-state index in [1.807, 2.05) is 26.0 Å². The van der Waals surface area contributed by atoms with Crippen LogP contribution in [0.15, 0.2) is 24.3 Å². The van der Waals surface area contributed by atoms with Gasteiger partial charge in [-0.3, -0.25) is 4.79 Å². The van der Waals surface area contributed by atoms with Crippen molar-refractivity contribution in [3.05, 3.63) is 41.0 Å². The largest absolute Gasteiger partial charge is 0.514 e. The summed E-state index contributed by atoms with van der Waals surface area (Å²) in [5.41, 5.74) is 2.63. The fourth-order valence-corrected chi connectivity index (χ4v) is 2.27. The number of carbonyl (C=O) groups is 2. The Bertz CT molecular complexity index is 631. The molecule has 0 atom stereocenters. The van der Waals surface area contributed by atoms with E-state index in [0.29, 0.717) is 30.7 Å². The average Bonchev–Trinajstić information content (AvgIpc) is 2.51. The minimum absolute atomic E-state index is 0.176. The number of rotatable bonds is 6. The van der Waals surface area contributed by atoms with Gasteiger partial charge >= 0.3 is 6.16 Å². The first-order valence-corrected chi connectivity index (χ1v) is 8.56. The molecule has 0 saturated heterocycles. The number of carbonyl (C=O) groups excluding carboxylic acids is 2. The van der Waals surface area contributed by atoms with Crippen LogP contribution in [0.2, 0.25) is 0 Å². The molecule has 0 heterocycles. The molecule has 1 aromatic rings. The molecule has 138 valence electrons. The summed E-state index contributed by atoms with van der Waals surface area (Å²) in [7, 11) is 0. The monoisotopic (exact) mass is 347 g/mol. The summed E-state index contributed by atoms with van der Waals surface area (Å²) in [5, 5.41) is 2.82. The van der Waals surface area contributed by atoms with Crippen LogP contribution in [-0.4, -0.2) is 17.7 Å². The summed E-state index contributed by atoms with van der Waals surface area (Å²) in [6.45, 7) is 15.1. The van der Waals surface area contributed by atoms with Crippen LogP contribution >= 0.6 is 0 Å². The lowest BCUT2D eigenvalue weighted by Gasteiger charge is -2.21. The van der Waals surface area contributed by atoms with Crippen molar-refractivity contribution in [1.82, 2.24) is 5.32 Å². The number of benzene rings is 1. The zero-order chi connectivity index (χ0) is 19.2. The molecule has 0 aliphatic carbocycles. The van der Waals surface area contributed by atoms with E-state index in [2.05, 4.69) is 11.9 Å². The van der Waals surface area contributed by atoms with Crippen LogP contribution in [0.1, 0.15) is 58.2 Å². The van der Waals surface area contributed by atoms with Gasteiger partial charge in [0, 0.05) is 12.1 Å². The van der Waals surface area contributed by atoms with Crippen molar-refractivity contribution in [1.29, 1.82) is 0 Å². The molecule has 1 N–H and O–H groups in total. The lowest BCUT2D eigenvalue weighted by Crippen LogP contribution is -2.26. The van der Waals surface area contributed by atoms with E-state index in [1.165, 1.54) is 0 Å². The molecule has 1 rings (SSSR count). The van der Waals surface area contributed by atoms with Gasteiger partial charge in [0.2, 0.25) is 5.91 Å². The second-order valence-electron chi connectivity index (χ2n) is 6.98. The van der Waals surface area contributed by atoms with Gasteiger partial charge in [-0.15, -0.1) is 0 Å². The molecule has 0 saturated carbocycles. The Morgan fingerprint density at radius 2 is 1.64 bits per heavy atom. The first kappa shape index (κ1) is 20.7. The second-order valence-corrected chi connectivity index (χ2v) is 6.98. The number of hydrogen-bond donors (Lipinski definition) is 1. The fourth-order valence-electron chi connectivity index (χ4n) is 2.27. The van der Waals surface area contributed by atoms with Gasteiger partial charge in [0.05, 0.1) is 0 Å². The van der Waals surface area contributed by atoms with Crippen molar-refractivity contribution >= 4 is 12.1 Å². The molecule has 5 nitrogen and oxygen atoms in total. The topological polar surface area (TPSA) is 64.6 Å². The van der Waals surface area contributed by atoms with Gasteiger partial charge in [-0.05, 0) is 57.2 Å². The van der Waals surface area contributed by atoms with Crippen molar-refractivity contribution in [2.24, 2.45) is 0 Å². The minimum Gasteiger partial charge on any atom is -0.428 e. The SMILES string of the molecule is C=C(C)C(=O)NCc1cc(CC)c(OC(=O)OC(C)(C)C)c(CC)c1. The summed E-state index contributed by atoms with van der Waals surface area (Å²) in [4.78, 5) is 23.7. The van der Waals surface area contributed by atoms with E-state index in [9.17, 15) is 9.59 Å². The highest BCUT2D eigenvalue weighted by Gasteiger charge is 2.21. The Hall–Kier alpha value is -2.30. The predicted molar refractivity (Wildman–Crippen MR) is 98.7 cm³/mol. The number of nitrogens with one attached hydrogen (secondary N) is 1. The van der Waals surface area contributed by atoms with E-state index in [4.69, 9.17) is 9.47 Å². The Labute approximate surface area is 150 Å². The van der Waals surface area contributed by atoms with E-state index in [1.54, 1.807) is 27.7 Å². The highest BCUT2D eigenvalue weighted by atomic mass is 16.7. The molecule has 1 aromatic carbocycles. The van der Waals surface area contributed by atoms with Gasteiger partial charge in [-0.25, -0.2) is 4.79 Å². The van der Waals surface area contributed by atoms with Crippen LogP contribution in [0.3, 0.4) is 0 Å². The molecule has 0 aliphatic rings. The molecule has 0 aromatic heterocycles. The molecule has 0 aliphatic heterocycles. The van der Waals surface area contributed by atoms with Crippen LogP contribution in [0.4, 0.5) is 4.79 Å². The van der Waals surface area contributed by atoms with Gasteiger partial charge in [-0.2, -0.15) is 0 Å². The zero-order valence-electron chi connectivity index (χ0n) is 16.1. The van der Waals surface area contributed by atoms with Crippen LogP contribution in [-0.2, 0) is 28.9 Å². The van der Waals surface area contributed by atoms with Gasteiger partial charge in [0.1, 0.15) is 11.4 Å². The quantitative estimate of drug-likeness (QED) is 0.473. The van der Waals surface area contributed by atoms with Crippen LogP contribution in [0.25, 0.3) is 0 Å². The number of amides is 1. The van der Waals surface area contributed by atoms with E-state index in [0.717, 1.165) is 16.7 Å². The third-order valence-electron chi connectivity index (χ3n) is 3.48. The fraction of sp³-hybridized carbons (Fsp3) is 0.500. The maximum atomic E-state index is 12.0. The summed E-state index contributed by atoms with van der Waals surface area (Å²) in [6.07, 6.45) is 0.695. The second kappa shape index (κ2) is 8.70. The van der Waals surface area contributed by atoms with Gasteiger partial charge in [0.15, 0.2) is 0 Å². The lowest BCUT2D eigenvalue weighted by atomic mass is 10.0. The van der Waals surface area contributed by atoms with Crippen LogP contribution in [0, 0.1) is 0 Å². The first-order chi connectivity index (χ1) is 11.6. The summed E-state index contributed by atoms with van der Waals surface area (Å²) < 4.78 is 10.7. The summed E-state index contributed by atoms with van der Waals surface area (Å²) >= 11 is 0. The Balaban J connectivity index is 3.04. The summed E-state index contributed by atoms with van der Waals surface area (Å²) in [6, 6.07) is 3.88. The first-order valence-electron chi connectivity index (χ1n) is 8.56. The molecule has 0 bridgehead atoms. The maximum absolute atomic E-state index is 12.0. The highest BCUT2D eigenvalue weighted by Crippen LogP contribution is 2.28. The molecular formula is C20H29NO4. The Morgan fingerprint density at radius 3 is 2.04 bits per heavy atom. The number of ether oxygens (including phenoxy) is 2. The van der Waals surface area contributed by atoms with E-state index >= 15 is 0 Å². The van der Waals surface area contributed by atoms with Gasteiger partial charge in [-0.1, -0.05) is 32.6 Å².